The Balaban J connectivity index is 0.00000280. The number of pyridine rings is 1. The van der Waals surface area contributed by atoms with Gasteiger partial charge in [-0.15, -0.1) is 24.0 Å². The number of piperazine rings is 1. The second-order valence-corrected chi connectivity index (χ2v) is 6.52. The highest BCUT2D eigenvalue weighted by atomic mass is 127. The van der Waals surface area contributed by atoms with Gasteiger partial charge in [-0.25, -0.2) is 4.99 Å². The number of hydrogen-bond acceptors (Lipinski definition) is 4. The van der Waals surface area contributed by atoms with Crippen LogP contribution in [0.1, 0.15) is 12.5 Å². The molecule has 7 heteroatoms. The number of rotatable bonds is 7. The predicted octanol–water partition coefficient (Wildman–Crippen LogP) is 2.86. The number of nitrogens with zero attached hydrogens (tertiary/aromatic N) is 4. The van der Waals surface area contributed by atoms with Gasteiger partial charge in [-0.1, -0.05) is 30.3 Å². The Kier molecular flexibility index (Phi) is 10.1. The lowest BCUT2D eigenvalue weighted by atomic mass is 10.2. The second-order valence-electron chi connectivity index (χ2n) is 6.52. The van der Waals surface area contributed by atoms with Gasteiger partial charge in [0.25, 0.3) is 0 Å². The Morgan fingerprint density at radius 1 is 1.11 bits per heavy atom. The van der Waals surface area contributed by atoms with Crippen molar-refractivity contribution in [3.63, 3.8) is 0 Å². The molecule has 0 bridgehead atoms. The minimum Gasteiger partial charge on any atom is -0.490 e. The lowest BCUT2D eigenvalue weighted by Crippen LogP contribution is -2.52. The molecule has 28 heavy (non-hydrogen) atoms. The minimum atomic E-state index is 0. The summed E-state index contributed by atoms with van der Waals surface area (Å²) in [5, 5.41) is 3.41. The van der Waals surface area contributed by atoms with Gasteiger partial charge in [0.1, 0.15) is 12.4 Å². The number of aromatic nitrogens is 1. The zero-order chi connectivity index (χ0) is 18.7. The van der Waals surface area contributed by atoms with Crippen LogP contribution in [0.4, 0.5) is 0 Å². The molecule has 0 saturated carbocycles. The summed E-state index contributed by atoms with van der Waals surface area (Å²) in [4.78, 5) is 13.6. The van der Waals surface area contributed by atoms with Crippen molar-refractivity contribution in [2.45, 2.75) is 13.5 Å². The molecule has 1 aliphatic rings. The zero-order valence-corrected chi connectivity index (χ0v) is 18.8. The molecule has 1 aromatic carbocycles. The van der Waals surface area contributed by atoms with E-state index in [1.807, 2.05) is 12.1 Å². The number of nitrogens with one attached hydrogen (secondary N) is 1. The molecule has 152 valence electrons. The van der Waals surface area contributed by atoms with Crippen molar-refractivity contribution in [3.8, 4) is 5.75 Å². The standard InChI is InChI=1S/C21H29N5O.HI/c1-2-23-21(24-11-16-27-20-9-6-10-22-17-20)26-14-12-25(13-15-26)18-19-7-4-3-5-8-19;/h3-10,17H,2,11-16,18H2,1H3,(H,23,24);1H. The van der Waals surface area contributed by atoms with Crippen molar-refractivity contribution in [2.75, 3.05) is 45.9 Å². The SMILES string of the molecule is CCNC(=NCCOc1cccnc1)N1CCN(Cc2ccccc2)CC1.I. The molecule has 1 N–H and O–H groups in total. The van der Waals surface area contributed by atoms with E-state index in [1.54, 1.807) is 12.4 Å². The quantitative estimate of drug-likeness (QED) is 0.277. The van der Waals surface area contributed by atoms with Crippen LogP contribution in [0.3, 0.4) is 0 Å². The van der Waals surface area contributed by atoms with Crippen molar-refractivity contribution in [1.82, 2.24) is 20.1 Å². The van der Waals surface area contributed by atoms with Crippen LogP contribution in [0.5, 0.6) is 5.75 Å². The van der Waals surface area contributed by atoms with E-state index in [9.17, 15) is 0 Å². The van der Waals surface area contributed by atoms with E-state index in [2.05, 4.69) is 57.4 Å². The molecule has 0 unspecified atom stereocenters. The normalized spacial score (nSPS) is 15.0. The summed E-state index contributed by atoms with van der Waals surface area (Å²) in [7, 11) is 0. The zero-order valence-electron chi connectivity index (χ0n) is 16.5. The van der Waals surface area contributed by atoms with Gasteiger partial charge in [0.2, 0.25) is 0 Å². The number of guanidine groups is 1. The van der Waals surface area contributed by atoms with Crippen LogP contribution in [0.25, 0.3) is 0 Å². The van der Waals surface area contributed by atoms with Crippen LogP contribution < -0.4 is 10.1 Å². The highest BCUT2D eigenvalue weighted by Crippen LogP contribution is 2.09. The lowest BCUT2D eigenvalue weighted by Gasteiger charge is -2.36. The average molecular weight is 495 g/mol. The van der Waals surface area contributed by atoms with Crippen molar-refractivity contribution in [1.29, 1.82) is 0 Å². The first-order chi connectivity index (χ1) is 13.3. The average Bonchev–Trinajstić information content (AvgIpc) is 2.72. The number of ether oxygens (including phenoxy) is 1. The Morgan fingerprint density at radius 3 is 2.57 bits per heavy atom. The Bertz CT molecular complexity index is 690. The van der Waals surface area contributed by atoms with Crippen molar-refractivity contribution < 1.29 is 4.74 Å². The third-order valence-electron chi connectivity index (χ3n) is 4.51. The minimum absolute atomic E-state index is 0. The number of benzene rings is 1. The lowest BCUT2D eigenvalue weighted by molar-refractivity contribution is 0.172. The van der Waals surface area contributed by atoms with Crippen LogP contribution in [0.2, 0.25) is 0 Å². The highest BCUT2D eigenvalue weighted by molar-refractivity contribution is 14.0. The van der Waals surface area contributed by atoms with Crippen molar-refractivity contribution >= 4 is 29.9 Å². The van der Waals surface area contributed by atoms with Gasteiger partial charge in [0.05, 0.1) is 12.7 Å². The molecular weight excluding hydrogens is 465 g/mol. The maximum Gasteiger partial charge on any atom is 0.194 e. The van der Waals surface area contributed by atoms with E-state index in [4.69, 9.17) is 9.73 Å². The molecule has 2 heterocycles. The van der Waals surface area contributed by atoms with Gasteiger partial charge in [0.15, 0.2) is 5.96 Å². The molecule has 2 aromatic rings. The summed E-state index contributed by atoms with van der Waals surface area (Å²) in [6.07, 6.45) is 3.46. The van der Waals surface area contributed by atoms with Crippen LogP contribution in [0, 0.1) is 0 Å². The fourth-order valence-corrected chi connectivity index (χ4v) is 3.13. The molecule has 0 amide bonds. The van der Waals surface area contributed by atoms with Gasteiger partial charge >= 0.3 is 0 Å². The second kappa shape index (κ2) is 12.6. The van der Waals surface area contributed by atoms with Gasteiger partial charge in [-0.2, -0.15) is 0 Å². The van der Waals surface area contributed by atoms with E-state index < -0.39 is 0 Å². The molecule has 0 aliphatic carbocycles. The molecule has 0 radical (unpaired) electrons. The fraction of sp³-hybridized carbons (Fsp3) is 0.429. The summed E-state index contributed by atoms with van der Waals surface area (Å²) >= 11 is 0. The van der Waals surface area contributed by atoms with Crippen LogP contribution in [-0.2, 0) is 6.54 Å². The van der Waals surface area contributed by atoms with E-state index in [-0.39, 0.29) is 24.0 Å². The van der Waals surface area contributed by atoms with Crippen molar-refractivity contribution in [3.05, 3.63) is 60.4 Å². The smallest absolute Gasteiger partial charge is 0.194 e. The molecule has 3 rings (SSSR count). The Hall–Kier alpha value is -1.87. The first-order valence-electron chi connectivity index (χ1n) is 9.67. The van der Waals surface area contributed by atoms with Crippen LogP contribution >= 0.6 is 24.0 Å². The van der Waals surface area contributed by atoms with Crippen LogP contribution in [-0.4, -0.2) is 66.6 Å². The third-order valence-corrected chi connectivity index (χ3v) is 4.51. The van der Waals surface area contributed by atoms with Gasteiger partial charge < -0.3 is 15.0 Å². The van der Waals surface area contributed by atoms with Gasteiger partial charge in [-0.3, -0.25) is 9.88 Å². The first-order valence-corrected chi connectivity index (χ1v) is 9.67. The molecular formula is C21H30IN5O. The monoisotopic (exact) mass is 495 g/mol. The fourth-order valence-electron chi connectivity index (χ4n) is 3.13. The molecule has 1 aromatic heterocycles. The predicted molar refractivity (Wildman–Crippen MR) is 124 cm³/mol. The molecule has 1 fully saturated rings. The summed E-state index contributed by atoms with van der Waals surface area (Å²) < 4.78 is 5.68. The topological polar surface area (TPSA) is 53.0 Å². The Morgan fingerprint density at radius 2 is 1.89 bits per heavy atom. The maximum absolute atomic E-state index is 5.68. The van der Waals surface area contributed by atoms with E-state index in [0.29, 0.717) is 13.2 Å². The van der Waals surface area contributed by atoms with E-state index in [0.717, 1.165) is 51.0 Å². The number of halogens is 1. The third kappa shape index (κ3) is 7.27. The maximum atomic E-state index is 5.68. The molecule has 1 aliphatic heterocycles. The highest BCUT2D eigenvalue weighted by Gasteiger charge is 2.19. The number of aliphatic imine (C=N–C) groups is 1. The number of hydrogen-bond donors (Lipinski definition) is 1. The van der Waals surface area contributed by atoms with E-state index >= 15 is 0 Å². The first kappa shape index (κ1) is 22.4. The molecule has 0 spiro atoms. The molecule has 0 atom stereocenters. The van der Waals surface area contributed by atoms with E-state index in [1.165, 1.54) is 5.56 Å². The van der Waals surface area contributed by atoms with Crippen LogP contribution in [0.15, 0.2) is 59.9 Å². The Labute approximate surface area is 185 Å². The van der Waals surface area contributed by atoms with Gasteiger partial charge in [-0.05, 0) is 24.6 Å². The summed E-state index contributed by atoms with van der Waals surface area (Å²) in [6.45, 7) is 9.23. The van der Waals surface area contributed by atoms with Crippen molar-refractivity contribution in [2.24, 2.45) is 4.99 Å². The molecule has 6 nitrogen and oxygen atoms in total. The van der Waals surface area contributed by atoms with Gasteiger partial charge in [0, 0.05) is 45.5 Å². The summed E-state index contributed by atoms with van der Waals surface area (Å²) in [5.74, 6) is 1.76. The molecule has 1 saturated heterocycles. The summed E-state index contributed by atoms with van der Waals surface area (Å²) in [6, 6.07) is 14.5. The largest absolute Gasteiger partial charge is 0.490 e. The summed E-state index contributed by atoms with van der Waals surface area (Å²) in [5.41, 5.74) is 1.37.